The number of ether oxygens (including phenoxy) is 6. The fourth-order valence-corrected chi connectivity index (χ4v) is 7.15. The Morgan fingerprint density at radius 3 is 1.93 bits per heavy atom. The number of amides is 1. The molecule has 4 aromatic rings. The van der Waals surface area contributed by atoms with Gasteiger partial charge in [-0.05, 0) is 66.3 Å². The number of benzene rings is 3. The number of carbonyl (C=O) groups is 3. The highest BCUT2D eigenvalue weighted by Gasteiger charge is 2.33. The highest BCUT2D eigenvalue weighted by atomic mass is 32.2. The van der Waals surface area contributed by atoms with Crippen LogP contribution in [0.4, 0.5) is 10.1 Å². The van der Waals surface area contributed by atoms with Crippen LogP contribution in [0.5, 0.6) is 0 Å². The average molecular weight is 871 g/mol. The zero-order valence-electron chi connectivity index (χ0n) is 34.1. The number of sulfonamides is 1. The van der Waals surface area contributed by atoms with E-state index in [0.29, 0.717) is 92.3 Å². The van der Waals surface area contributed by atoms with Gasteiger partial charge in [-0.2, -0.15) is 0 Å². The first-order valence-corrected chi connectivity index (χ1v) is 21.5. The predicted molar refractivity (Wildman–Crippen MR) is 223 cm³/mol. The van der Waals surface area contributed by atoms with Gasteiger partial charge < -0.3 is 48.4 Å². The standard InChI is InChI=1S/C43H51FN2O14S/c1-45-42(49)40-35-25-34(30-6-7-30)36(26-39(35)60-41(40)31-8-10-33(44)11-9-31)46(61(2,52)53)12-13-54-14-15-55-16-17-56-18-19-57-20-21-58-22-23-59-28-29-4-3-5-32(24-29)37(47)27-38(48)43(50)51/h3-5,8-11,24-27,30,47H,6-7,12-23,28H2,1-2H3,(H,45,49)(H,50,51). The molecule has 0 radical (unpaired) electrons. The van der Waals surface area contributed by atoms with Crippen LogP contribution in [0.25, 0.3) is 28.1 Å². The highest BCUT2D eigenvalue weighted by molar-refractivity contribution is 7.92. The van der Waals surface area contributed by atoms with Crippen LogP contribution in [0.3, 0.4) is 0 Å². The minimum atomic E-state index is -3.74. The molecule has 18 heteroatoms. The number of aliphatic carboxylic acids is 1. The lowest BCUT2D eigenvalue weighted by atomic mass is 10.0. The van der Waals surface area contributed by atoms with Crippen molar-refractivity contribution in [3.05, 3.63) is 94.8 Å². The minimum Gasteiger partial charge on any atom is -0.507 e. The zero-order valence-corrected chi connectivity index (χ0v) is 34.9. The van der Waals surface area contributed by atoms with Gasteiger partial charge in [0.2, 0.25) is 10.0 Å². The lowest BCUT2D eigenvalue weighted by Crippen LogP contribution is -2.34. The van der Waals surface area contributed by atoms with E-state index in [-0.39, 0.29) is 50.6 Å². The molecule has 1 heterocycles. The van der Waals surface area contributed by atoms with Crippen LogP contribution >= 0.6 is 0 Å². The third kappa shape index (κ3) is 14.2. The summed E-state index contributed by atoms with van der Waals surface area (Å²) in [5.41, 5.74) is 3.42. The number of nitrogens with zero attached hydrogens (tertiary/aromatic N) is 1. The molecule has 0 bridgehead atoms. The van der Waals surface area contributed by atoms with Crippen LogP contribution < -0.4 is 9.62 Å². The largest absolute Gasteiger partial charge is 0.507 e. The van der Waals surface area contributed by atoms with E-state index in [1.807, 2.05) is 6.07 Å². The Labute approximate surface area is 353 Å². The van der Waals surface area contributed by atoms with Gasteiger partial charge in [-0.1, -0.05) is 18.2 Å². The first-order chi connectivity index (χ1) is 29.4. The molecule has 1 aliphatic carbocycles. The summed E-state index contributed by atoms with van der Waals surface area (Å²) >= 11 is 0. The number of anilines is 1. The summed E-state index contributed by atoms with van der Waals surface area (Å²) in [5, 5.41) is 21.9. The number of aliphatic hydroxyl groups is 1. The molecule has 1 aliphatic rings. The second kappa shape index (κ2) is 23.1. The molecule has 3 aromatic carbocycles. The molecule has 1 aromatic heterocycles. The Morgan fingerprint density at radius 2 is 1.39 bits per heavy atom. The fourth-order valence-electron chi connectivity index (χ4n) is 6.23. The topological polar surface area (TPSA) is 210 Å². The van der Waals surface area contributed by atoms with E-state index in [2.05, 4.69) is 5.32 Å². The smallest absolute Gasteiger partial charge is 0.376 e. The number of nitrogens with one attached hydrogen (secondary N) is 1. The van der Waals surface area contributed by atoms with Crippen molar-refractivity contribution >= 4 is 50.1 Å². The molecular formula is C43H51FN2O14S. The molecule has 330 valence electrons. The number of furan rings is 1. The normalized spacial score (nSPS) is 13.1. The van der Waals surface area contributed by atoms with Gasteiger partial charge in [-0.3, -0.25) is 13.9 Å². The number of hydrogen-bond donors (Lipinski definition) is 3. The third-order valence-corrected chi connectivity index (χ3v) is 10.5. The lowest BCUT2D eigenvalue weighted by Gasteiger charge is -2.25. The number of ketones is 1. The van der Waals surface area contributed by atoms with E-state index in [1.165, 1.54) is 35.6 Å². The third-order valence-electron chi connectivity index (χ3n) is 9.35. The van der Waals surface area contributed by atoms with Gasteiger partial charge in [0, 0.05) is 35.7 Å². The molecule has 1 saturated carbocycles. The number of carboxylic acid groups (broad SMARTS) is 1. The molecule has 1 fully saturated rings. The predicted octanol–water partition coefficient (Wildman–Crippen LogP) is 5.09. The Hall–Kier alpha value is -5.21. The molecule has 0 aliphatic heterocycles. The van der Waals surface area contributed by atoms with Gasteiger partial charge in [-0.25, -0.2) is 17.6 Å². The van der Waals surface area contributed by atoms with Gasteiger partial charge in [0.25, 0.3) is 11.7 Å². The molecule has 5 rings (SSSR count). The van der Waals surface area contributed by atoms with Gasteiger partial charge >= 0.3 is 5.97 Å². The van der Waals surface area contributed by atoms with Crippen molar-refractivity contribution in [2.24, 2.45) is 0 Å². The number of halogens is 1. The maximum atomic E-state index is 13.7. The SMILES string of the molecule is CNC(=O)c1c(-c2ccc(F)cc2)oc2cc(N(CCOCCOCCOCCOCCOCCOCc3cccc(C(O)=CC(=O)C(=O)O)c3)S(C)(=O)=O)c(C3CC3)cc12. The van der Waals surface area contributed by atoms with E-state index in [1.54, 1.807) is 30.3 Å². The summed E-state index contributed by atoms with van der Waals surface area (Å²) < 4.78 is 80.8. The van der Waals surface area contributed by atoms with E-state index in [0.717, 1.165) is 30.2 Å². The quantitative estimate of drug-likeness (QED) is 0.0294. The molecular weight excluding hydrogens is 820 g/mol. The summed E-state index contributed by atoms with van der Waals surface area (Å²) in [4.78, 5) is 35.0. The summed E-state index contributed by atoms with van der Waals surface area (Å²) in [6, 6.07) is 15.7. The first-order valence-electron chi connectivity index (χ1n) is 19.7. The second-order valence-corrected chi connectivity index (χ2v) is 15.8. The first kappa shape index (κ1) is 46.8. The lowest BCUT2D eigenvalue weighted by molar-refractivity contribution is -0.146. The van der Waals surface area contributed by atoms with Crippen LogP contribution in [0, 0.1) is 5.82 Å². The average Bonchev–Trinajstić information content (AvgIpc) is 4.02. The van der Waals surface area contributed by atoms with E-state index < -0.39 is 33.4 Å². The molecule has 0 spiro atoms. The number of aliphatic hydroxyl groups excluding tert-OH is 1. The molecule has 0 unspecified atom stereocenters. The summed E-state index contributed by atoms with van der Waals surface area (Å²) in [6.45, 7) is 3.70. The number of carboxylic acids is 1. The van der Waals surface area contributed by atoms with Crippen LogP contribution in [-0.2, 0) is 54.6 Å². The van der Waals surface area contributed by atoms with Crippen LogP contribution in [0.1, 0.15) is 45.8 Å². The van der Waals surface area contributed by atoms with Crippen molar-refractivity contribution in [1.82, 2.24) is 5.32 Å². The molecule has 3 N–H and O–H groups in total. The molecule has 16 nitrogen and oxygen atoms in total. The fraction of sp³-hybridized carbons (Fsp3) is 0.419. The Morgan fingerprint density at radius 1 is 0.820 bits per heavy atom. The zero-order chi connectivity index (χ0) is 43.8. The van der Waals surface area contributed by atoms with Gasteiger partial charge in [0.1, 0.15) is 22.9 Å². The van der Waals surface area contributed by atoms with Crippen molar-refractivity contribution in [3.8, 4) is 11.3 Å². The maximum Gasteiger partial charge on any atom is 0.376 e. The summed E-state index contributed by atoms with van der Waals surface area (Å²) in [7, 11) is -2.23. The maximum absolute atomic E-state index is 13.7. The van der Waals surface area contributed by atoms with E-state index in [4.69, 9.17) is 37.9 Å². The number of carbonyl (C=O) groups excluding carboxylic acids is 2. The molecule has 0 atom stereocenters. The van der Waals surface area contributed by atoms with Crippen molar-refractivity contribution in [2.45, 2.75) is 25.4 Å². The van der Waals surface area contributed by atoms with Crippen LogP contribution in [0.2, 0.25) is 0 Å². The van der Waals surface area contributed by atoms with Gasteiger partial charge in [0.05, 0.1) is 103 Å². The minimum absolute atomic E-state index is 0.0468. The van der Waals surface area contributed by atoms with Crippen LogP contribution in [-0.4, -0.2) is 129 Å². The van der Waals surface area contributed by atoms with E-state index in [9.17, 15) is 32.3 Å². The summed E-state index contributed by atoms with van der Waals surface area (Å²) in [5.74, 6) is -3.73. The summed E-state index contributed by atoms with van der Waals surface area (Å²) in [6.07, 6.45) is 3.55. The van der Waals surface area contributed by atoms with Gasteiger partial charge in [0.15, 0.2) is 0 Å². The van der Waals surface area contributed by atoms with Crippen LogP contribution in [0.15, 0.2) is 71.2 Å². The van der Waals surface area contributed by atoms with Crippen molar-refractivity contribution in [3.63, 3.8) is 0 Å². The molecule has 1 amide bonds. The Balaban J connectivity index is 0.940. The monoisotopic (exact) mass is 870 g/mol. The van der Waals surface area contributed by atoms with E-state index >= 15 is 0 Å². The van der Waals surface area contributed by atoms with Crippen molar-refractivity contribution in [2.75, 3.05) is 96.8 Å². The number of hydrogen-bond acceptors (Lipinski definition) is 13. The Kier molecular flexibility index (Phi) is 17.8. The number of rotatable bonds is 28. The highest BCUT2D eigenvalue weighted by Crippen LogP contribution is 2.48. The van der Waals surface area contributed by atoms with Gasteiger partial charge in [-0.15, -0.1) is 0 Å². The molecule has 0 saturated heterocycles. The number of fused-ring (bicyclic) bond motifs is 1. The second-order valence-electron chi connectivity index (χ2n) is 13.9. The Bertz CT molecular complexity index is 2240. The molecule has 61 heavy (non-hydrogen) atoms. The van der Waals surface area contributed by atoms with Crippen molar-refractivity contribution in [1.29, 1.82) is 0 Å². The van der Waals surface area contributed by atoms with Crippen molar-refractivity contribution < 1.29 is 70.2 Å².